The molecule has 0 fully saturated rings. The molecule has 0 atom stereocenters. The zero-order valence-electron chi connectivity index (χ0n) is 13.5. The van der Waals surface area contributed by atoms with Crippen LogP contribution in [0.15, 0.2) is 48.5 Å². The Morgan fingerprint density at radius 2 is 1.92 bits per heavy atom. The van der Waals surface area contributed by atoms with Gasteiger partial charge in [-0.1, -0.05) is 43.7 Å². The quantitative estimate of drug-likeness (QED) is 0.748. The van der Waals surface area contributed by atoms with E-state index in [0.29, 0.717) is 18.0 Å². The summed E-state index contributed by atoms with van der Waals surface area (Å²) in [5.41, 5.74) is 4.03. The van der Waals surface area contributed by atoms with Crippen molar-refractivity contribution in [2.75, 3.05) is 0 Å². The summed E-state index contributed by atoms with van der Waals surface area (Å²) in [5, 5.41) is 19.4. The lowest BCUT2D eigenvalue weighted by Crippen LogP contribution is -1.96. The van der Waals surface area contributed by atoms with Crippen LogP contribution < -0.4 is 4.74 Å². The molecule has 0 saturated heterocycles. The number of aryl methyl sites for hydroxylation is 1. The maximum absolute atomic E-state index is 9.05. The molecule has 120 valence electrons. The summed E-state index contributed by atoms with van der Waals surface area (Å²) in [6.45, 7) is 2.63. The van der Waals surface area contributed by atoms with Crippen LogP contribution in [0, 0.1) is 11.3 Å². The second kappa shape index (κ2) is 7.42. The number of nitrogens with one attached hydrogen (secondary N) is 1. The third-order valence-corrected chi connectivity index (χ3v) is 3.72. The van der Waals surface area contributed by atoms with E-state index in [1.165, 1.54) is 5.56 Å². The minimum absolute atomic E-state index is 0.291. The average Bonchev–Trinajstić information content (AvgIpc) is 3.10. The molecule has 1 N–H and O–H groups in total. The van der Waals surface area contributed by atoms with Crippen molar-refractivity contribution < 1.29 is 4.74 Å². The molecule has 0 saturated carbocycles. The number of hydrogen-bond acceptors (Lipinski definition) is 4. The zero-order chi connectivity index (χ0) is 16.8. The lowest BCUT2D eigenvalue weighted by molar-refractivity contribution is 0.306. The van der Waals surface area contributed by atoms with E-state index in [0.717, 1.165) is 29.7 Å². The number of ether oxygens (including phenoxy) is 1. The number of nitrogens with zero attached hydrogens (tertiary/aromatic N) is 3. The van der Waals surface area contributed by atoms with E-state index >= 15 is 0 Å². The van der Waals surface area contributed by atoms with E-state index in [9.17, 15) is 0 Å². The van der Waals surface area contributed by atoms with Crippen molar-refractivity contribution in [2.24, 2.45) is 0 Å². The first-order chi connectivity index (χ1) is 11.8. The predicted octanol–water partition coefficient (Wildman–Crippen LogP) is 3.87. The second-order valence-electron chi connectivity index (χ2n) is 5.52. The highest BCUT2D eigenvalue weighted by atomic mass is 16.5. The zero-order valence-corrected chi connectivity index (χ0v) is 13.5. The summed E-state index contributed by atoms with van der Waals surface area (Å²) in [6, 6.07) is 18.0. The maximum atomic E-state index is 9.05. The first-order valence-electron chi connectivity index (χ1n) is 7.92. The van der Waals surface area contributed by atoms with Gasteiger partial charge in [0.2, 0.25) is 0 Å². The normalized spacial score (nSPS) is 10.3. The van der Waals surface area contributed by atoms with Crippen molar-refractivity contribution in [3.8, 4) is 23.1 Å². The minimum Gasteiger partial charge on any atom is -0.489 e. The van der Waals surface area contributed by atoms with Crippen LogP contribution in [0.4, 0.5) is 0 Å². The Kier molecular flexibility index (Phi) is 4.87. The summed E-state index contributed by atoms with van der Waals surface area (Å²) in [4.78, 5) is 0. The van der Waals surface area contributed by atoms with Gasteiger partial charge in [-0.15, -0.1) is 5.10 Å². The largest absolute Gasteiger partial charge is 0.489 e. The SMILES string of the molecule is CCCc1ccc(OCc2cccc(-c3n[nH]nc3C#N)c2)cc1. The Morgan fingerprint density at radius 1 is 1.08 bits per heavy atom. The number of H-pyrrole nitrogens is 1. The molecular formula is C19H18N4O. The molecule has 1 heterocycles. The fourth-order valence-electron chi connectivity index (χ4n) is 2.53. The lowest BCUT2D eigenvalue weighted by Gasteiger charge is -2.08. The van der Waals surface area contributed by atoms with E-state index in [2.05, 4.69) is 34.5 Å². The lowest BCUT2D eigenvalue weighted by atomic mass is 10.1. The first kappa shape index (κ1) is 15.8. The number of hydrogen-bond donors (Lipinski definition) is 1. The molecule has 0 amide bonds. The Morgan fingerprint density at radius 3 is 2.67 bits per heavy atom. The molecule has 0 aliphatic rings. The molecule has 0 aliphatic heterocycles. The molecular weight excluding hydrogens is 300 g/mol. The highest BCUT2D eigenvalue weighted by Crippen LogP contribution is 2.21. The number of nitriles is 1. The highest BCUT2D eigenvalue weighted by Gasteiger charge is 2.10. The van der Waals surface area contributed by atoms with Crippen LogP contribution in [-0.2, 0) is 13.0 Å². The molecule has 3 aromatic rings. The maximum Gasteiger partial charge on any atom is 0.190 e. The van der Waals surface area contributed by atoms with Gasteiger partial charge in [0, 0.05) is 5.56 Å². The summed E-state index contributed by atoms with van der Waals surface area (Å²) < 4.78 is 5.85. The molecule has 5 heteroatoms. The Bertz CT molecular complexity index is 846. The summed E-state index contributed by atoms with van der Waals surface area (Å²) >= 11 is 0. The summed E-state index contributed by atoms with van der Waals surface area (Å²) in [5.74, 6) is 0.847. The van der Waals surface area contributed by atoms with Crippen LogP contribution in [0.1, 0.15) is 30.2 Å². The van der Waals surface area contributed by atoms with Gasteiger partial charge in [-0.05, 0) is 35.7 Å². The number of benzene rings is 2. The van der Waals surface area contributed by atoms with E-state index in [4.69, 9.17) is 10.00 Å². The molecule has 3 rings (SSSR count). The van der Waals surface area contributed by atoms with E-state index in [-0.39, 0.29) is 0 Å². The van der Waals surface area contributed by atoms with Gasteiger partial charge in [-0.2, -0.15) is 15.6 Å². The molecule has 24 heavy (non-hydrogen) atoms. The van der Waals surface area contributed by atoms with Crippen LogP contribution >= 0.6 is 0 Å². The minimum atomic E-state index is 0.291. The molecule has 0 bridgehead atoms. The van der Waals surface area contributed by atoms with Gasteiger partial charge in [-0.3, -0.25) is 0 Å². The smallest absolute Gasteiger partial charge is 0.190 e. The van der Waals surface area contributed by atoms with Crippen molar-refractivity contribution in [1.82, 2.24) is 15.4 Å². The monoisotopic (exact) mass is 318 g/mol. The van der Waals surface area contributed by atoms with Gasteiger partial charge < -0.3 is 4.74 Å². The van der Waals surface area contributed by atoms with Crippen LogP contribution in [0.25, 0.3) is 11.3 Å². The van der Waals surface area contributed by atoms with Gasteiger partial charge in [0.1, 0.15) is 24.1 Å². The van der Waals surface area contributed by atoms with Gasteiger partial charge >= 0.3 is 0 Å². The van der Waals surface area contributed by atoms with Crippen LogP contribution in [0.3, 0.4) is 0 Å². The summed E-state index contributed by atoms with van der Waals surface area (Å²) in [6.07, 6.45) is 2.22. The average molecular weight is 318 g/mol. The second-order valence-corrected chi connectivity index (χ2v) is 5.52. The Hall–Kier alpha value is -3.13. The first-order valence-corrected chi connectivity index (χ1v) is 7.92. The third kappa shape index (κ3) is 3.61. The number of aromatic nitrogens is 3. The van der Waals surface area contributed by atoms with Crippen LogP contribution in [-0.4, -0.2) is 15.4 Å². The third-order valence-electron chi connectivity index (χ3n) is 3.72. The van der Waals surface area contributed by atoms with E-state index in [1.54, 1.807) is 0 Å². The van der Waals surface area contributed by atoms with E-state index in [1.807, 2.05) is 42.5 Å². The standard InChI is InChI=1S/C19H18N4O/c1-2-4-14-7-9-17(10-8-14)24-13-15-5-3-6-16(11-15)19-18(12-20)21-23-22-19/h3,5-11H,2,4,13H2,1H3,(H,21,22,23). The molecule has 0 radical (unpaired) electrons. The topological polar surface area (TPSA) is 74.6 Å². The molecule has 0 unspecified atom stereocenters. The molecule has 5 nitrogen and oxygen atoms in total. The predicted molar refractivity (Wildman–Crippen MR) is 91.3 cm³/mol. The van der Waals surface area contributed by atoms with Crippen molar-refractivity contribution in [1.29, 1.82) is 5.26 Å². The van der Waals surface area contributed by atoms with Gasteiger partial charge in [0.05, 0.1) is 0 Å². The van der Waals surface area contributed by atoms with Crippen molar-refractivity contribution in [3.63, 3.8) is 0 Å². The van der Waals surface area contributed by atoms with Crippen LogP contribution in [0.2, 0.25) is 0 Å². The van der Waals surface area contributed by atoms with Crippen molar-refractivity contribution in [3.05, 3.63) is 65.4 Å². The number of rotatable bonds is 6. The molecule has 2 aromatic carbocycles. The van der Waals surface area contributed by atoms with Crippen molar-refractivity contribution >= 4 is 0 Å². The summed E-state index contributed by atoms with van der Waals surface area (Å²) in [7, 11) is 0. The van der Waals surface area contributed by atoms with E-state index < -0.39 is 0 Å². The number of aromatic amines is 1. The highest BCUT2D eigenvalue weighted by molar-refractivity contribution is 5.64. The fraction of sp³-hybridized carbons (Fsp3) is 0.211. The van der Waals surface area contributed by atoms with Gasteiger partial charge in [-0.25, -0.2) is 0 Å². The molecule has 0 aliphatic carbocycles. The molecule has 0 spiro atoms. The Balaban J connectivity index is 1.70. The molecule has 1 aromatic heterocycles. The van der Waals surface area contributed by atoms with Crippen LogP contribution in [0.5, 0.6) is 5.75 Å². The Labute approximate surface area is 140 Å². The van der Waals surface area contributed by atoms with Gasteiger partial charge in [0.15, 0.2) is 5.69 Å². The van der Waals surface area contributed by atoms with Gasteiger partial charge in [0.25, 0.3) is 0 Å². The van der Waals surface area contributed by atoms with Crippen molar-refractivity contribution in [2.45, 2.75) is 26.4 Å². The fourth-order valence-corrected chi connectivity index (χ4v) is 2.53.